The number of anilines is 1. The number of benzene rings is 2. The molecule has 136 valence electrons. The molecular formula is C20H20BrNO4. The van der Waals surface area contributed by atoms with Crippen LogP contribution in [0.25, 0.3) is 0 Å². The minimum atomic E-state index is -1.10. The lowest BCUT2D eigenvalue weighted by Gasteiger charge is -2.12. The molecule has 2 N–H and O–H groups in total. The second-order valence-corrected chi connectivity index (χ2v) is 7.35. The Hall–Kier alpha value is -2.34. The number of nitrogens with one attached hydrogen (secondary N) is 1. The Morgan fingerprint density at radius 3 is 2.46 bits per heavy atom. The second kappa shape index (κ2) is 8.36. The van der Waals surface area contributed by atoms with Crippen molar-refractivity contribution in [2.45, 2.75) is 25.7 Å². The normalized spacial score (nSPS) is 14.2. The number of carbonyl (C=O) groups is 2. The molecule has 1 amide bonds. The Kier molecular flexibility index (Phi) is 5.93. The summed E-state index contributed by atoms with van der Waals surface area (Å²) in [4.78, 5) is 23.7. The molecule has 0 radical (unpaired) electrons. The zero-order valence-corrected chi connectivity index (χ0v) is 15.8. The maximum atomic E-state index is 12.4. The summed E-state index contributed by atoms with van der Waals surface area (Å²) in [6, 6.07) is 11.6. The number of halogens is 1. The van der Waals surface area contributed by atoms with E-state index in [-0.39, 0.29) is 17.2 Å². The van der Waals surface area contributed by atoms with Crippen LogP contribution in [0, 0.1) is 5.92 Å². The fraction of sp³-hybridized carbons (Fsp3) is 0.300. The van der Waals surface area contributed by atoms with Crippen LogP contribution in [0.1, 0.15) is 46.4 Å². The maximum absolute atomic E-state index is 12.4. The summed E-state index contributed by atoms with van der Waals surface area (Å²) in [5.41, 5.74) is 0.731. The van der Waals surface area contributed by atoms with Gasteiger partial charge in [0.2, 0.25) is 0 Å². The molecule has 0 aliphatic heterocycles. The number of aromatic carboxylic acids is 1. The van der Waals surface area contributed by atoms with Gasteiger partial charge in [0.05, 0.1) is 17.9 Å². The average Bonchev–Trinajstić information content (AvgIpc) is 3.15. The average molecular weight is 418 g/mol. The summed E-state index contributed by atoms with van der Waals surface area (Å²) < 4.78 is 6.43. The van der Waals surface area contributed by atoms with Crippen LogP contribution < -0.4 is 10.1 Å². The zero-order valence-electron chi connectivity index (χ0n) is 14.2. The molecule has 0 aromatic heterocycles. The first-order valence-corrected chi connectivity index (χ1v) is 9.39. The molecule has 1 saturated carbocycles. The van der Waals surface area contributed by atoms with E-state index in [9.17, 15) is 14.7 Å². The van der Waals surface area contributed by atoms with Gasteiger partial charge in [-0.05, 0) is 61.2 Å². The highest BCUT2D eigenvalue weighted by Crippen LogP contribution is 2.26. The van der Waals surface area contributed by atoms with Crippen LogP contribution in [0.5, 0.6) is 5.75 Å². The van der Waals surface area contributed by atoms with Crippen LogP contribution >= 0.6 is 15.9 Å². The number of carboxylic acids is 1. The van der Waals surface area contributed by atoms with Crippen LogP contribution in [0.4, 0.5) is 5.69 Å². The Balaban J connectivity index is 1.64. The fourth-order valence-corrected chi connectivity index (χ4v) is 3.45. The number of ether oxygens (including phenoxy) is 1. The van der Waals surface area contributed by atoms with E-state index in [1.807, 2.05) is 0 Å². The van der Waals surface area contributed by atoms with E-state index in [1.54, 1.807) is 36.4 Å². The number of hydrogen-bond donors (Lipinski definition) is 2. The van der Waals surface area contributed by atoms with Gasteiger partial charge >= 0.3 is 5.97 Å². The Labute approximate surface area is 160 Å². The smallest absolute Gasteiger partial charge is 0.337 e. The van der Waals surface area contributed by atoms with Crippen molar-refractivity contribution in [1.29, 1.82) is 0 Å². The van der Waals surface area contributed by atoms with Crippen LogP contribution in [0.3, 0.4) is 0 Å². The van der Waals surface area contributed by atoms with Gasteiger partial charge in [-0.25, -0.2) is 4.79 Å². The molecule has 0 unspecified atom stereocenters. The molecular weight excluding hydrogens is 398 g/mol. The monoisotopic (exact) mass is 417 g/mol. The van der Waals surface area contributed by atoms with Gasteiger partial charge in [0.15, 0.2) is 0 Å². The van der Waals surface area contributed by atoms with E-state index >= 15 is 0 Å². The topological polar surface area (TPSA) is 75.6 Å². The van der Waals surface area contributed by atoms with Crippen molar-refractivity contribution in [3.05, 3.63) is 58.1 Å². The van der Waals surface area contributed by atoms with Gasteiger partial charge in [-0.3, -0.25) is 4.79 Å². The van der Waals surface area contributed by atoms with E-state index in [0.717, 1.165) is 5.75 Å². The van der Waals surface area contributed by atoms with Gasteiger partial charge in [-0.1, -0.05) is 28.8 Å². The number of carbonyl (C=O) groups excluding carboxylic acids is 1. The van der Waals surface area contributed by atoms with Crippen LogP contribution in [0.2, 0.25) is 0 Å². The molecule has 6 heteroatoms. The van der Waals surface area contributed by atoms with Crippen molar-refractivity contribution in [2.75, 3.05) is 11.9 Å². The predicted octanol–water partition coefficient (Wildman–Crippen LogP) is 4.97. The van der Waals surface area contributed by atoms with Gasteiger partial charge in [0.25, 0.3) is 5.91 Å². The molecule has 2 aromatic rings. The zero-order chi connectivity index (χ0) is 18.5. The number of amides is 1. The summed E-state index contributed by atoms with van der Waals surface area (Å²) in [6.45, 7) is 0.715. The van der Waals surface area contributed by atoms with Gasteiger partial charge in [-0.2, -0.15) is 0 Å². The van der Waals surface area contributed by atoms with Gasteiger partial charge < -0.3 is 15.2 Å². The quantitative estimate of drug-likeness (QED) is 0.695. The van der Waals surface area contributed by atoms with Crippen molar-refractivity contribution in [1.82, 2.24) is 0 Å². The largest absolute Gasteiger partial charge is 0.493 e. The molecule has 1 aliphatic rings. The number of carboxylic acid groups (broad SMARTS) is 1. The van der Waals surface area contributed by atoms with Crippen LogP contribution in [-0.4, -0.2) is 23.6 Å². The molecule has 0 spiro atoms. The molecule has 1 aliphatic carbocycles. The molecule has 0 atom stereocenters. The highest BCUT2D eigenvalue weighted by molar-refractivity contribution is 9.10. The van der Waals surface area contributed by atoms with Crippen molar-refractivity contribution in [2.24, 2.45) is 5.92 Å². The lowest BCUT2D eigenvalue weighted by Crippen LogP contribution is -2.15. The highest BCUT2D eigenvalue weighted by Gasteiger charge is 2.16. The SMILES string of the molecule is O=C(Nc1ccc(Br)cc1C(=O)O)c1ccc(OCC2CCCC2)cc1. The molecule has 0 heterocycles. The summed E-state index contributed by atoms with van der Waals surface area (Å²) in [6.07, 6.45) is 5.00. The molecule has 0 saturated heterocycles. The fourth-order valence-electron chi connectivity index (χ4n) is 3.09. The highest BCUT2D eigenvalue weighted by atomic mass is 79.9. The minimum Gasteiger partial charge on any atom is -0.493 e. The Morgan fingerprint density at radius 1 is 1.12 bits per heavy atom. The standard InChI is InChI=1S/C20H20BrNO4/c21-15-7-10-18(17(11-15)20(24)25)22-19(23)14-5-8-16(9-6-14)26-12-13-3-1-2-4-13/h5-11,13H,1-4,12H2,(H,22,23)(H,24,25). The lowest BCUT2D eigenvalue weighted by atomic mass is 10.1. The predicted molar refractivity (Wildman–Crippen MR) is 103 cm³/mol. The van der Waals surface area contributed by atoms with E-state index in [4.69, 9.17) is 4.74 Å². The maximum Gasteiger partial charge on any atom is 0.337 e. The van der Waals surface area contributed by atoms with Crippen molar-refractivity contribution in [3.63, 3.8) is 0 Å². The second-order valence-electron chi connectivity index (χ2n) is 6.44. The third-order valence-electron chi connectivity index (χ3n) is 4.54. The molecule has 1 fully saturated rings. The third kappa shape index (κ3) is 4.64. The van der Waals surface area contributed by atoms with Gasteiger partial charge in [0.1, 0.15) is 5.75 Å². The van der Waals surface area contributed by atoms with Crippen molar-refractivity contribution >= 4 is 33.5 Å². The summed E-state index contributed by atoms with van der Waals surface area (Å²) in [5.74, 6) is -0.0948. The summed E-state index contributed by atoms with van der Waals surface area (Å²) in [5, 5.41) is 11.9. The first-order valence-electron chi connectivity index (χ1n) is 8.60. The Morgan fingerprint density at radius 2 is 1.81 bits per heavy atom. The molecule has 2 aromatic carbocycles. The van der Waals surface area contributed by atoms with Crippen LogP contribution in [-0.2, 0) is 0 Å². The van der Waals surface area contributed by atoms with Gasteiger partial charge in [-0.15, -0.1) is 0 Å². The number of hydrogen-bond acceptors (Lipinski definition) is 3. The molecule has 5 nitrogen and oxygen atoms in total. The van der Waals surface area contributed by atoms with Gasteiger partial charge in [0, 0.05) is 10.0 Å². The van der Waals surface area contributed by atoms with E-state index in [0.29, 0.717) is 22.6 Å². The summed E-state index contributed by atoms with van der Waals surface area (Å²) >= 11 is 3.23. The molecule has 26 heavy (non-hydrogen) atoms. The first-order chi connectivity index (χ1) is 12.5. The molecule has 3 rings (SSSR count). The number of rotatable bonds is 6. The van der Waals surface area contributed by atoms with E-state index in [2.05, 4.69) is 21.2 Å². The summed E-state index contributed by atoms with van der Waals surface area (Å²) in [7, 11) is 0. The first kappa shape index (κ1) is 18.5. The third-order valence-corrected chi connectivity index (χ3v) is 5.03. The molecule has 0 bridgehead atoms. The Bertz CT molecular complexity index is 798. The lowest BCUT2D eigenvalue weighted by molar-refractivity contribution is 0.0698. The minimum absolute atomic E-state index is 0.0317. The van der Waals surface area contributed by atoms with Crippen LogP contribution in [0.15, 0.2) is 46.9 Å². The van der Waals surface area contributed by atoms with Crippen molar-refractivity contribution < 1.29 is 19.4 Å². The van der Waals surface area contributed by atoms with E-state index < -0.39 is 5.97 Å². The van der Waals surface area contributed by atoms with E-state index in [1.165, 1.54) is 31.7 Å². The van der Waals surface area contributed by atoms with Crippen molar-refractivity contribution in [3.8, 4) is 5.75 Å².